The molecule has 3 saturated heterocycles. The molecule has 4 heterocycles. The van der Waals surface area contributed by atoms with Gasteiger partial charge in [-0.05, 0) is 69.5 Å². The van der Waals surface area contributed by atoms with E-state index in [0.29, 0.717) is 38.1 Å². The van der Waals surface area contributed by atoms with Crippen molar-refractivity contribution in [3.05, 3.63) is 42.0 Å². The van der Waals surface area contributed by atoms with Crippen molar-refractivity contribution in [2.75, 3.05) is 39.8 Å². The Kier molecular flexibility index (Phi) is 7.90. The second kappa shape index (κ2) is 11.4. The van der Waals surface area contributed by atoms with Crippen molar-refractivity contribution >= 4 is 5.91 Å². The number of amides is 1. The van der Waals surface area contributed by atoms with E-state index >= 15 is 0 Å². The average molecular weight is 549 g/mol. The zero-order valence-electron chi connectivity index (χ0n) is 24.0. The summed E-state index contributed by atoms with van der Waals surface area (Å²) in [5.41, 5.74) is 2.37. The molecule has 1 aromatic carbocycles. The molecule has 4 aliphatic heterocycles. The smallest absolute Gasteiger partial charge is 0.246 e. The molecular weight excluding hydrogens is 504 g/mol. The van der Waals surface area contributed by atoms with Crippen LogP contribution < -0.4 is 15.4 Å². The molecule has 1 aromatic rings. The Morgan fingerprint density at radius 1 is 1.27 bits per heavy atom. The molecule has 9 nitrogen and oxygen atoms in total. The molecule has 40 heavy (non-hydrogen) atoms. The number of benzene rings is 1. The van der Waals surface area contributed by atoms with E-state index in [1.165, 1.54) is 30.0 Å². The molecule has 4 fully saturated rings. The van der Waals surface area contributed by atoms with E-state index in [9.17, 15) is 10.1 Å². The second-order valence-corrected chi connectivity index (χ2v) is 12.6. The molecule has 1 amide bonds. The summed E-state index contributed by atoms with van der Waals surface area (Å²) in [6, 6.07) is 9.44. The second-order valence-electron chi connectivity index (χ2n) is 12.6. The molecule has 9 heteroatoms. The normalized spacial score (nSPS) is 36.1. The van der Waals surface area contributed by atoms with Crippen molar-refractivity contribution in [3.8, 4) is 11.8 Å². The highest BCUT2D eigenvalue weighted by molar-refractivity contribution is 5.87. The maximum atomic E-state index is 12.5. The van der Waals surface area contributed by atoms with Crippen LogP contribution >= 0.6 is 0 Å². The first-order valence-corrected chi connectivity index (χ1v) is 15.0. The van der Waals surface area contributed by atoms with Crippen molar-refractivity contribution < 1.29 is 14.3 Å². The molecule has 5 aliphatic rings. The summed E-state index contributed by atoms with van der Waals surface area (Å²) in [6.45, 7) is 9.63. The largest absolute Gasteiger partial charge is 0.487 e. The Hall–Kier alpha value is -2.48. The van der Waals surface area contributed by atoms with Crippen LogP contribution in [0.1, 0.15) is 49.7 Å². The minimum absolute atomic E-state index is 0.0919. The van der Waals surface area contributed by atoms with Crippen molar-refractivity contribution in [2.24, 2.45) is 5.92 Å². The Bertz CT molecular complexity index is 1150. The first-order valence-electron chi connectivity index (χ1n) is 15.0. The van der Waals surface area contributed by atoms with E-state index in [0.717, 1.165) is 44.5 Å². The number of nitrogens with zero attached hydrogens (tertiary/aromatic N) is 4. The molecule has 0 radical (unpaired) electrons. The van der Waals surface area contributed by atoms with Crippen molar-refractivity contribution in [1.82, 2.24) is 25.3 Å². The lowest BCUT2D eigenvalue weighted by Gasteiger charge is -2.54. The third kappa shape index (κ3) is 5.40. The van der Waals surface area contributed by atoms with Gasteiger partial charge in [0.05, 0.1) is 31.3 Å². The number of carbonyl (C=O) groups is 1. The molecule has 0 bridgehead atoms. The number of piperazine rings is 1. The zero-order chi connectivity index (χ0) is 27.9. The van der Waals surface area contributed by atoms with E-state index in [2.05, 4.69) is 65.3 Å². The van der Waals surface area contributed by atoms with Crippen molar-refractivity contribution in [3.63, 3.8) is 0 Å². The van der Waals surface area contributed by atoms with Gasteiger partial charge < -0.3 is 19.3 Å². The van der Waals surface area contributed by atoms with Gasteiger partial charge in [0.15, 0.2) is 6.35 Å². The summed E-state index contributed by atoms with van der Waals surface area (Å²) < 4.78 is 13.3. The molecular formula is C31H44N6O3. The highest BCUT2D eigenvalue weighted by Crippen LogP contribution is 2.47. The van der Waals surface area contributed by atoms with Crippen LogP contribution in [-0.4, -0.2) is 96.7 Å². The Morgan fingerprint density at radius 2 is 2.15 bits per heavy atom. The summed E-state index contributed by atoms with van der Waals surface area (Å²) in [4.78, 5) is 19.2. The summed E-state index contributed by atoms with van der Waals surface area (Å²) in [5.74, 6) is 1.33. The summed E-state index contributed by atoms with van der Waals surface area (Å²) in [5, 5.41) is 17.2. The van der Waals surface area contributed by atoms with E-state index < -0.39 is 0 Å². The number of carbonyl (C=O) groups excluding carboxylic acids is 1. The number of fused-ring (bicyclic) bond motifs is 2. The van der Waals surface area contributed by atoms with Crippen molar-refractivity contribution in [1.29, 1.82) is 5.26 Å². The van der Waals surface area contributed by atoms with Crippen LogP contribution in [0.2, 0.25) is 0 Å². The predicted molar refractivity (Wildman–Crippen MR) is 152 cm³/mol. The lowest BCUT2D eigenvalue weighted by atomic mass is 9.71. The minimum atomic E-state index is -0.260. The highest BCUT2D eigenvalue weighted by Gasteiger charge is 2.52. The van der Waals surface area contributed by atoms with E-state index in [-0.39, 0.29) is 36.1 Å². The number of hydrogen-bond donors (Lipinski definition) is 2. The van der Waals surface area contributed by atoms with Gasteiger partial charge in [-0.2, -0.15) is 5.26 Å². The number of nitriles is 1. The Morgan fingerprint density at radius 3 is 2.92 bits per heavy atom. The van der Waals surface area contributed by atoms with Crippen LogP contribution in [0.3, 0.4) is 0 Å². The van der Waals surface area contributed by atoms with Gasteiger partial charge in [-0.3, -0.25) is 20.3 Å². The molecule has 7 atom stereocenters. The van der Waals surface area contributed by atoms with E-state index in [1.807, 2.05) is 4.90 Å². The van der Waals surface area contributed by atoms with Crippen LogP contribution in [0.25, 0.3) is 0 Å². The minimum Gasteiger partial charge on any atom is -0.487 e. The standard InChI is InChI=1S/C31H44N6O3/c1-4-28(38)37-15-14-36(19-23(37)10-12-32)29-25-9-11-31(17-22-8-7-21(2)16-27(22)40-31)18-26(25)33-30(34-29)39-20-24-6-5-13-35(24)3/h4,7-8,16,23-26,29-30,33-34H,1,5-6,9-11,13-15,17-20H2,2-3H3/t23?,24?,25?,26?,29?,30?,31-/m1/s1. The SMILES string of the molecule is C=CC(=O)N1CCN(C2NC(OCC3CCCN3C)NC3C[C@@]4(CCC32)Cc2ccc(C)cc2O4)CC1CC#N. The van der Waals surface area contributed by atoms with Gasteiger partial charge in [-0.25, -0.2) is 0 Å². The van der Waals surface area contributed by atoms with E-state index in [1.54, 1.807) is 0 Å². The first-order chi connectivity index (χ1) is 19.4. The van der Waals surface area contributed by atoms with Crippen molar-refractivity contribution in [2.45, 2.75) is 88.1 Å². The Labute approximate surface area is 238 Å². The van der Waals surface area contributed by atoms with Crippen LogP contribution in [0.15, 0.2) is 30.9 Å². The topological polar surface area (TPSA) is 93.1 Å². The van der Waals surface area contributed by atoms with Gasteiger partial charge >= 0.3 is 0 Å². The fourth-order valence-corrected chi connectivity index (χ4v) is 7.83. The fourth-order valence-electron chi connectivity index (χ4n) is 7.83. The third-order valence-corrected chi connectivity index (χ3v) is 10.0. The number of likely N-dealkylation sites (N-methyl/N-ethyl adjacent to an activating group) is 1. The maximum Gasteiger partial charge on any atom is 0.246 e. The first kappa shape index (κ1) is 27.7. The molecule has 1 spiro atoms. The molecule has 6 rings (SSSR count). The average Bonchev–Trinajstić information content (AvgIpc) is 3.52. The number of rotatable bonds is 6. The van der Waals surface area contributed by atoms with Gasteiger partial charge in [-0.1, -0.05) is 18.7 Å². The summed E-state index contributed by atoms with van der Waals surface area (Å²) in [7, 11) is 2.18. The lowest BCUT2D eigenvalue weighted by molar-refractivity contribution is -0.138. The molecule has 1 aliphatic carbocycles. The Balaban J connectivity index is 1.20. The number of likely N-dealkylation sites (tertiary alicyclic amines) is 1. The van der Waals surface area contributed by atoms with Crippen LogP contribution in [0.4, 0.5) is 0 Å². The van der Waals surface area contributed by atoms with Gasteiger partial charge in [0.1, 0.15) is 11.4 Å². The zero-order valence-corrected chi connectivity index (χ0v) is 24.0. The monoisotopic (exact) mass is 548 g/mol. The molecule has 216 valence electrons. The maximum absolute atomic E-state index is 12.5. The number of ether oxygens (including phenoxy) is 2. The highest BCUT2D eigenvalue weighted by atomic mass is 16.5. The number of aryl methyl sites for hydroxylation is 1. The summed E-state index contributed by atoms with van der Waals surface area (Å²) >= 11 is 0. The third-order valence-electron chi connectivity index (χ3n) is 10.0. The van der Waals surface area contributed by atoms with Gasteiger partial charge in [-0.15, -0.1) is 0 Å². The van der Waals surface area contributed by atoms with E-state index in [4.69, 9.17) is 9.47 Å². The van der Waals surface area contributed by atoms with Crippen LogP contribution in [0.5, 0.6) is 5.75 Å². The fraction of sp³-hybridized carbons (Fsp3) is 0.677. The van der Waals surface area contributed by atoms with Gasteiger partial charge in [0.25, 0.3) is 0 Å². The number of hydrogen-bond acceptors (Lipinski definition) is 8. The van der Waals surface area contributed by atoms with Crippen LogP contribution in [0, 0.1) is 24.2 Å². The molecule has 2 N–H and O–H groups in total. The van der Waals surface area contributed by atoms with Gasteiger partial charge in [0.2, 0.25) is 5.91 Å². The molecule has 6 unspecified atom stereocenters. The summed E-state index contributed by atoms with van der Waals surface area (Å²) in [6.07, 6.45) is 7.85. The molecule has 1 saturated carbocycles. The van der Waals surface area contributed by atoms with Crippen LogP contribution in [-0.2, 0) is 16.0 Å². The number of nitrogens with one attached hydrogen (secondary N) is 2. The predicted octanol–water partition coefficient (Wildman–Crippen LogP) is 2.36. The lowest BCUT2D eigenvalue weighted by Crippen LogP contribution is -2.73. The van der Waals surface area contributed by atoms with Gasteiger partial charge in [0, 0.05) is 50.5 Å². The molecule has 0 aromatic heterocycles. The quantitative estimate of drug-likeness (QED) is 0.524.